The van der Waals surface area contributed by atoms with Crippen molar-refractivity contribution in [1.29, 1.82) is 0 Å². The highest BCUT2D eigenvalue weighted by Crippen LogP contribution is 2.16. The number of nitrogens with zero attached hydrogens (tertiary/aromatic N) is 3. The summed E-state index contributed by atoms with van der Waals surface area (Å²) in [6, 6.07) is 3.28. The monoisotopic (exact) mass is 281 g/mol. The van der Waals surface area contributed by atoms with E-state index in [9.17, 15) is 4.79 Å². The van der Waals surface area contributed by atoms with E-state index in [-0.39, 0.29) is 5.56 Å². The topological polar surface area (TPSA) is 68.0 Å². The molecule has 0 radical (unpaired) electrons. The fourth-order valence-corrected chi connectivity index (χ4v) is 1.75. The van der Waals surface area contributed by atoms with Gasteiger partial charge in [0.25, 0.3) is 0 Å². The second-order valence-electron chi connectivity index (χ2n) is 3.15. The highest BCUT2D eigenvalue weighted by molar-refractivity contribution is 9.10. The van der Waals surface area contributed by atoms with Crippen molar-refractivity contribution in [2.45, 2.75) is 6.54 Å². The van der Waals surface area contributed by atoms with E-state index in [0.29, 0.717) is 17.0 Å². The Balaban J connectivity index is 2.25. The Labute approximate surface area is 99.9 Å². The Morgan fingerprint density at radius 1 is 1.44 bits per heavy atom. The van der Waals surface area contributed by atoms with Gasteiger partial charge in [0.05, 0.1) is 16.7 Å². The molecule has 0 atom stereocenters. The molecule has 0 fully saturated rings. The lowest BCUT2D eigenvalue weighted by atomic mass is 10.4. The lowest BCUT2D eigenvalue weighted by Crippen LogP contribution is -2.03. The van der Waals surface area contributed by atoms with Gasteiger partial charge in [-0.25, -0.2) is 14.8 Å². The molecular weight excluding hydrogens is 274 g/mol. The van der Waals surface area contributed by atoms with Gasteiger partial charge in [0, 0.05) is 18.6 Å². The average Bonchev–Trinajstić information content (AvgIpc) is 2.62. The van der Waals surface area contributed by atoms with Crippen molar-refractivity contribution in [1.82, 2.24) is 14.5 Å². The number of carbonyl (C=O) groups is 1. The third kappa shape index (κ3) is 2.27. The van der Waals surface area contributed by atoms with Crippen molar-refractivity contribution in [3.8, 4) is 0 Å². The molecule has 0 amide bonds. The van der Waals surface area contributed by atoms with Gasteiger partial charge in [0.1, 0.15) is 5.82 Å². The summed E-state index contributed by atoms with van der Waals surface area (Å²) in [5.74, 6) is -0.316. The van der Waals surface area contributed by atoms with E-state index in [1.54, 1.807) is 35.3 Å². The Hall–Kier alpha value is -1.69. The SMILES string of the molecule is O=C(O)c1cc(Br)n(Cc2ncccn2)c1. The number of rotatable bonds is 3. The highest BCUT2D eigenvalue weighted by Gasteiger charge is 2.09. The number of aromatic carboxylic acids is 1. The van der Waals surface area contributed by atoms with Gasteiger partial charge in [0.15, 0.2) is 0 Å². The Morgan fingerprint density at radius 3 is 2.69 bits per heavy atom. The fourth-order valence-electron chi connectivity index (χ4n) is 1.28. The van der Waals surface area contributed by atoms with Crippen molar-refractivity contribution in [3.05, 3.63) is 46.7 Å². The van der Waals surface area contributed by atoms with Crippen LogP contribution in [0.3, 0.4) is 0 Å². The molecule has 0 bridgehead atoms. The predicted octanol–water partition coefficient (Wildman–Crippen LogP) is 1.79. The summed E-state index contributed by atoms with van der Waals surface area (Å²) >= 11 is 3.29. The zero-order valence-corrected chi connectivity index (χ0v) is 9.75. The van der Waals surface area contributed by atoms with Gasteiger partial charge in [-0.3, -0.25) is 0 Å². The number of hydrogen-bond donors (Lipinski definition) is 1. The standard InChI is InChI=1S/C10H8BrN3O2/c11-8-4-7(10(15)16)5-14(8)6-9-12-2-1-3-13-9/h1-5H,6H2,(H,15,16). The van der Waals surface area contributed by atoms with Crippen LogP contribution < -0.4 is 0 Å². The summed E-state index contributed by atoms with van der Waals surface area (Å²) in [7, 11) is 0. The van der Waals surface area contributed by atoms with Gasteiger partial charge in [-0.05, 0) is 28.1 Å². The summed E-state index contributed by atoms with van der Waals surface area (Å²) in [6.45, 7) is 0.439. The van der Waals surface area contributed by atoms with E-state index in [0.717, 1.165) is 0 Å². The van der Waals surface area contributed by atoms with E-state index >= 15 is 0 Å². The minimum Gasteiger partial charge on any atom is -0.478 e. The first-order chi connectivity index (χ1) is 7.66. The third-order valence-corrected chi connectivity index (χ3v) is 2.71. The Morgan fingerprint density at radius 2 is 2.12 bits per heavy atom. The van der Waals surface area contributed by atoms with Crippen LogP contribution in [0.5, 0.6) is 0 Å². The van der Waals surface area contributed by atoms with Crippen LogP contribution in [0.2, 0.25) is 0 Å². The lowest BCUT2D eigenvalue weighted by molar-refractivity contribution is 0.0697. The van der Waals surface area contributed by atoms with Crippen LogP contribution in [0.4, 0.5) is 0 Å². The van der Waals surface area contributed by atoms with Crippen molar-refractivity contribution < 1.29 is 9.90 Å². The molecule has 5 nitrogen and oxygen atoms in total. The maximum absolute atomic E-state index is 10.8. The van der Waals surface area contributed by atoms with Crippen LogP contribution in [0.15, 0.2) is 35.3 Å². The number of carboxylic acids is 1. The Bertz CT molecular complexity index is 510. The van der Waals surface area contributed by atoms with Gasteiger partial charge in [-0.1, -0.05) is 0 Å². The van der Waals surface area contributed by atoms with E-state index in [1.165, 1.54) is 0 Å². The zero-order chi connectivity index (χ0) is 11.5. The summed E-state index contributed by atoms with van der Waals surface area (Å²) < 4.78 is 2.43. The van der Waals surface area contributed by atoms with Crippen LogP contribution in [0.1, 0.15) is 16.2 Å². The van der Waals surface area contributed by atoms with Gasteiger partial charge < -0.3 is 9.67 Å². The first-order valence-corrected chi connectivity index (χ1v) is 5.31. The molecule has 0 aliphatic carbocycles. The number of aromatic nitrogens is 3. The molecule has 2 aromatic rings. The van der Waals surface area contributed by atoms with Crippen LogP contribution in [0, 0.1) is 0 Å². The van der Waals surface area contributed by atoms with Crippen molar-refractivity contribution >= 4 is 21.9 Å². The maximum atomic E-state index is 10.8. The fraction of sp³-hybridized carbons (Fsp3) is 0.100. The maximum Gasteiger partial charge on any atom is 0.337 e. The van der Waals surface area contributed by atoms with Gasteiger partial charge in [-0.2, -0.15) is 0 Å². The highest BCUT2D eigenvalue weighted by atomic mass is 79.9. The van der Waals surface area contributed by atoms with Gasteiger partial charge in [0.2, 0.25) is 0 Å². The van der Waals surface area contributed by atoms with Crippen molar-refractivity contribution in [2.75, 3.05) is 0 Å². The molecule has 0 spiro atoms. The Kier molecular flexibility index (Phi) is 3.00. The number of hydrogen-bond acceptors (Lipinski definition) is 3. The summed E-state index contributed by atoms with van der Waals surface area (Å²) in [5, 5.41) is 8.82. The largest absolute Gasteiger partial charge is 0.478 e. The second-order valence-corrected chi connectivity index (χ2v) is 3.96. The predicted molar refractivity (Wildman–Crippen MR) is 60.2 cm³/mol. The van der Waals surface area contributed by atoms with E-state index in [4.69, 9.17) is 5.11 Å². The molecule has 2 heterocycles. The lowest BCUT2D eigenvalue weighted by Gasteiger charge is -2.02. The van der Waals surface area contributed by atoms with Crippen LogP contribution in [-0.2, 0) is 6.54 Å². The molecule has 0 unspecified atom stereocenters. The minimum absolute atomic E-state index is 0.239. The van der Waals surface area contributed by atoms with Gasteiger partial charge in [-0.15, -0.1) is 0 Å². The molecule has 6 heteroatoms. The van der Waals surface area contributed by atoms with E-state index in [1.807, 2.05) is 0 Å². The van der Waals surface area contributed by atoms with E-state index < -0.39 is 5.97 Å². The summed E-state index contributed by atoms with van der Waals surface area (Å²) in [6.07, 6.45) is 4.85. The average molecular weight is 282 g/mol. The van der Waals surface area contributed by atoms with Crippen molar-refractivity contribution in [2.24, 2.45) is 0 Å². The molecule has 0 aromatic carbocycles. The van der Waals surface area contributed by atoms with Crippen LogP contribution in [0.25, 0.3) is 0 Å². The third-order valence-electron chi connectivity index (χ3n) is 2.02. The molecule has 82 valence electrons. The molecule has 2 aromatic heterocycles. The van der Waals surface area contributed by atoms with Crippen LogP contribution in [-0.4, -0.2) is 25.6 Å². The normalized spacial score (nSPS) is 10.3. The smallest absolute Gasteiger partial charge is 0.337 e. The van der Waals surface area contributed by atoms with Crippen LogP contribution >= 0.6 is 15.9 Å². The molecule has 1 N–H and O–H groups in total. The molecule has 0 aliphatic rings. The number of carboxylic acid groups (broad SMARTS) is 1. The molecule has 2 rings (SSSR count). The molecule has 16 heavy (non-hydrogen) atoms. The first kappa shape index (κ1) is 10.8. The van der Waals surface area contributed by atoms with Gasteiger partial charge >= 0.3 is 5.97 Å². The van der Waals surface area contributed by atoms with E-state index in [2.05, 4.69) is 25.9 Å². The molecule has 0 saturated heterocycles. The molecule has 0 aliphatic heterocycles. The summed E-state index contributed by atoms with van der Waals surface area (Å²) in [5.41, 5.74) is 0.239. The zero-order valence-electron chi connectivity index (χ0n) is 8.17. The minimum atomic E-state index is -0.951. The van der Waals surface area contributed by atoms with Crippen molar-refractivity contribution in [3.63, 3.8) is 0 Å². The number of halogens is 1. The quantitative estimate of drug-likeness (QED) is 0.931. The first-order valence-electron chi connectivity index (χ1n) is 4.51. The molecule has 0 saturated carbocycles. The molecular formula is C10H8BrN3O2. The second kappa shape index (κ2) is 4.44. The summed E-state index contributed by atoms with van der Waals surface area (Å²) in [4.78, 5) is 18.9.